The first-order chi connectivity index (χ1) is 13.2. The van der Waals surface area contributed by atoms with Gasteiger partial charge in [0.2, 0.25) is 0 Å². The zero-order chi connectivity index (χ0) is 19.1. The number of benzene rings is 2. The molecule has 0 atom stereocenters. The quantitative estimate of drug-likeness (QED) is 0.440. The van der Waals surface area contributed by atoms with Crippen LogP contribution in [0, 0.1) is 0 Å². The van der Waals surface area contributed by atoms with E-state index in [1.54, 1.807) is 48.5 Å². The molecule has 0 saturated heterocycles. The van der Waals surface area contributed by atoms with Gasteiger partial charge in [-0.3, -0.25) is 9.59 Å². The fourth-order valence-corrected chi connectivity index (χ4v) is 2.54. The lowest BCUT2D eigenvalue weighted by Crippen LogP contribution is -2.22. The van der Waals surface area contributed by atoms with E-state index in [-0.39, 0.29) is 36.4 Å². The van der Waals surface area contributed by atoms with Gasteiger partial charge >= 0.3 is 0 Å². The molecule has 6 nitrogen and oxygen atoms in total. The van der Waals surface area contributed by atoms with Crippen LogP contribution in [0.2, 0.25) is 5.02 Å². The fraction of sp³-hybridized carbons (Fsp3) is 0.150. The Bertz CT molecular complexity index is 959. The van der Waals surface area contributed by atoms with Gasteiger partial charge in [0, 0.05) is 5.56 Å². The Morgan fingerprint density at radius 1 is 1.00 bits per heavy atom. The maximum Gasteiger partial charge on any atom is 0.294 e. The minimum Gasteiger partial charge on any atom is -0.488 e. The molecule has 138 valence electrons. The highest BCUT2D eigenvalue weighted by Gasteiger charge is 2.12. The number of carbonyl (C=O) groups is 1. The van der Waals surface area contributed by atoms with Crippen molar-refractivity contribution in [1.82, 2.24) is 9.78 Å². The zero-order valence-electron chi connectivity index (χ0n) is 14.4. The number of rotatable bonds is 8. The summed E-state index contributed by atoms with van der Waals surface area (Å²) in [7, 11) is 0. The normalized spacial score (nSPS) is 10.6. The number of aromatic nitrogens is 2. The van der Waals surface area contributed by atoms with Crippen LogP contribution in [0.4, 0.5) is 0 Å². The van der Waals surface area contributed by atoms with Crippen molar-refractivity contribution in [2.24, 2.45) is 0 Å². The molecule has 3 aromatic rings. The van der Waals surface area contributed by atoms with E-state index < -0.39 is 5.56 Å². The first kappa shape index (κ1) is 18.8. The Balaban J connectivity index is 1.52. The van der Waals surface area contributed by atoms with E-state index >= 15 is 0 Å². The molecular weight excluding hydrogens is 368 g/mol. The van der Waals surface area contributed by atoms with Gasteiger partial charge < -0.3 is 9.47 Å². The van der Waals surface area contributed by atoms with Gasteiger partial charge in [0.25, 0.3) is 5.56 Å². The smallest absolute Gasteiger partial charge is 0.294 e. The molecule has 27 heavy (non-hydrogen) atoms. The van der Waals surface area contributed by atoms with Gasteiger partial charge in [-0.2, -0.15) is 9.78 Å². The fourth-order valence-electron chi connectivity index (χ4n) is 2.35. The first-order valence-electron chi connectivity index (χ1n) is 8.29. The van der Waals surface area contributed by atoms with E-state index in [0.29, 0.717) is 11.3 Å². The minimum absolute atomic E-state index is 0.0467. The van der Waals surface area contributed by atoms with E-state index in [4.69, 9.17) is 21.1 Å². The van der Waals surface area contributed by atoms with Crippen molar-refractivity contribution in [3.63, 3.8) is 0 Å². The summed E-state index contributed by atoms with van der Waals surface area (Å²) in [6, 6.07) is 17.8. The second kappa shape index (κ2) is 9.12. The van der Waals surface area contributed by atoms with Crippen molar-refractivity contribution in [2.45, 2.75) is 0 Å². The Kier molecular flexibility index (Phi) is 6.35. The summed E-state index contributed by atoms with van der Waals surface area (Å²) in [6.45, 7) is 0.268. The molecule has 0 bridgehead atoms. The molecular formula is C20H17ClN2O4. The number of nitrogens with zero attached hydrogens (tertiary/aromatic N) is 2. The molecule has 0 aliphatic heterocycles. The highest BCUT2D eigenvalue weighted by molar-refractivity contribution is 6.31. The SMILES string of the molecule is O=C(COCCOc1cnn(-c2ccccc2)c(=O)c1Cl)c1ccccc1. The average Bonchev–Trinajstić information content (AvgIpc) is 2.72. The van der Waals surface area contributed by atoms with E-state index in [9.17, 15) is 9.59 Å². The van der Waals surface area contributed by atoms with Crippen molar-refractivity contribution >= 4 is 17.4 Å². The molecule has 1 heterocycles. The Morgan fingerprint density at radius 2 is 1.67 bits per heavy atom. The van der Waals surface area contributed by atoms with Crippen LogP contribution in [0.15, 0.2) is 71.7 Å². The van der Waals surface area contributed by atoms with Gasteiger partial charge in [0.05, 0.1) is 18.5 Å². The molecule has 7 heteroatoms. The maximum atomic E-state index is 12.3. The van der Waals surface area contributed by atoms with Crippen molar-refractivity contribution in [2.75, 3.05) is 19.8 Å². The van der Waals surface area contributed by atoms with Crippen molar-refractivity contribution in [3.8, 4) is 11.4 Å². The van der Waals surface area contributed by atoms with Crippen LogP contribution in [0.25, 0.3) is 5.69 Å². The summed E-state index contributed by atoms with van der Waals surface area (Å²) in [6.07, 6.45) is 1.38. The second-order valence-corrected chi connectivity index (χ2v) is 5.94. The summed E-state index contributed by atoms with van der Waals surface area (Å²) in [5, 5.41) is 4.01. The molecule has 0 amide bonds. The third-order valence-corrected chi connectivity index (χ3v) is 4.05. The van der Waals surface area contributed by atoms with Crippen LogP contribution >= 0.6 is 11.6 Å². The molecule has 1 aromatic heterocycles. The minimum atomic E-state index is -0.472. The Morgan fingerprint density at radius 3 is 2.37 bits per heavy atom. The average molecular weight is 385 g/mol. The lowest BCUT2D eigenvalue weighted by molar-refractivity contribution is 0.0687. The molecule has 0 saturated carbocycles. The molecule has 0 unspecified atom stereocenters. The van der Waals surface area contributed by atoms with Crippen LogP contribution in [0.3, 0.4) is 0 Å². The van der Waals surface area contributed by atoms with Gasteiger partial charge in [-0.25, -0.2) is 0 Å². The number of hydrogen-bond donors (Lipinski definition) is 0. The molecule has 0 N–H and O–H groups in total. The summed E-state index contributed by atoms with van der Waals surface area (Å²) < 4.78 is 12.0. The van der Waals surface area contributed by atoms with E-state index in [1.807, 2.05) is 12.1 Å². The third kappa shape index (κ3) is 4.81. The van der Waals surface area contributed by atoms with Crippen LogP contribution in [0.1, 0.15) is 10.4 Å². The highest BCUT2D eigenvalue weighted by Crippen LogP contribution is 2.19. The first-order valence-corrected chi connectivity index (χ1v) is 8.66. The Labute approximate surface area is 160 Å². The molecule has 0 radical (unpaired) electrons. The standard InChI is InChI=1S/C20H17ClN2O4/c21-19-18(13-22-23(20(19)25)16-9-5-2-6-10-16)27-12-11-26-14-17(24)15-7-3-1-4-8-15/h1-10,13H,11-12,14H2. The number of Topliss-reactive ketones (excluding diaryl/α,β-unsaturated/α-hetero) is 1. The molecule has 0 spiro atoms. The van der Waals surface area contributed by atoms with Gasteiger partial charge in [0.15, 0.2) is 16.6 Å². The molecule has 0 aliphatic rings. The highest BCUT2D eigenvalue weighted by atomic mass is 35.5. The molecule has 3 rings (SSSR count). The summed E-state index contributed by atoms with van der Waals surface area (Å²) in [5.41, 5.74) is 0.731. The van der Waals surface area contributed by atoms with Gasteiger partial charge in [0.1, 0.15) is 13.2 Å². The number of ketones is 1. The summed E-state index contributed by atoms with van der Waals surface area (Å²) in [5.74, 6) is 0.0626. The van der Waals surface area contributed by atoms with Crippen molar-refractivity contribution < 1.29 is 14.3 Å². The number of carbonyl (C=O) groups excluding carboxylic acids is 1. The van der Waals surface area contributed by atoms with Crippen molar-refractivity contribution in [1.29, 1.82) is 0 Å². The molecule has 0 fully saturated rings. The number of para-hydroxylation sites is 1. The lowest BCUT2D eigenvalue weighted by Gasteiger charge is -2.10. The third-order valence-electron chi connectivity index (χ3n) is 3.70. The monoisotopic (exact) mass is 384 g/mol. The molecule has 2 aromatic carbocycles. The molecule has 0 aliphatic carbocycles. The Hall–Kier alpha value is -2.96. The van der Waals surface area contributed by atoms with Gasteiger partial charge in [-0.15, -0.1) is 0 Å². The van der Waals surface area contributed by atoms with Gasteiger partial charge in [-0.1, -0.05) is 60.1 Å². The topological polar surface area (TPSA) is 70.4 Å². The summed E-state index contributed by atoms with van der Waals surface area (Å²) >= 11 is 6.10. The van der Waals surface area contributed by atoms with Crippen molar-refractivity contribution in [3.05, 3.63) is 87.8 Å². The van der Waals surface area contributed by atoms with Crippen LogP contribution in [-0.4, -0.2) is 35.4 Å². The van der Waals surface area contributed by atoms with Crippen LogP contribution < -0.4 is 10.3 Å². The number of halogens is 1. The lowest BCUT2D eigenvalue weighted by atomic mass is 10.1. The number of hydrogen-bond acceptors (Lipinski definition) is 5. The van der Waals surface area contributed by atoms with E-state index in [1.165, 1.54) is 10.9 Å². The van der Waals surface area contributed by atoms with E-state index in [2.05, 4.69) is 5.10 Å². The zero-order valence-corrected chi connectivity index (χ0v) is 15.1. The van der Waals surface area contributed by atoms with Crippen LogP contribution in [0.5, 0.6) is 5.75 Å². The second-order valence-electron chi connectivity index (χ2n) is 5.57. The maximum absolute atomic E-state index is 12.3. The largest absolute Gasteiger partial charge is 0.488 e. The van der Waals surface area contributed by atoms with Gasteiger partial charge in [-0.05, 0) is 12.1 Å². The van der Waals surface area contributed by atoms with E-state index in [0.717, 1.165) is 0 Å². The summed E-state index contributed by atoms with van der Waals surface area (Å²) in [4.78, 5) is 24.2. The predicted octanol–water partition coefficient (Wildman–Crippen LogP) is 3.16. The van der Waals surface area contributed by atoms with Crippen LogP contribution in [-0.2, 0) is 4.74 Å². The predicted molar refractivity (Wildman–Crippen MR) is 102 cm³/mol. The number of ether oxygens (including phenoxy) is 2.